The van der Waals surface area contributed by atoms with Gasteiger partial charge < -0.3 is 40.0 Å². The molecular formula is C23H17N3O12. The van der Waals surface area contributed by atoms with Crippen molar-refractivity contribution in [3.8, 4) is 34.1 Å². The molecule has 0 aliphatic carbocycles. The zero-order valence-corrected chi connectivity index (χ0v) is 19.2. The summed E-state index contributed by atoms with van der Waals surface area (Å²) in [4.78, 5) is 65.9. The van der Waals surface area contributed by atoms with E-state index in [9.17, 15) is 44.4 Å². The highest BCUT2D eigenvalue weighted by atomic mass is 16.5. The first-order chi connectivity index (χ1) is 17.9. The number of aromatic nitrogens is 2. The van der Waals surface area contributed by atoms with Crippen molar-refractivity contribution in [3.63, 3.8) is 0 Å². The van der Waals surface area contributed by atoms with Crippen LogP contribution in [0.2, 0.25) is 0 Å². The largest absolute Gasteiger partial charge is 0.504 e. The van der Waals surface area contributed by atoms with Gasteiger partial charge in [0.05, 0.1) is 28.4 Å². The number of carbonyl (C=O) groups excluding carboxylic acids is 2. The number of hydrogen-bond donors (Lipinski definition) is 6. The van der Waals surface area contributed by atoms with Crippen molar-refractivity contribution >= 4 is 34.5 Å². The van der Waals surface area contributed by atoms with Gasteiger partial charge in [-0.2, -0.15) is 0 Å². The second kappa shape index (κ2) is 9.45. The fraction of sp³-hybridized carbons (Fsp3) is 0.130. The molecule has 3 heterocycles. The van der Waals surface area contributed by atoms with Crippen molar-refractivity contribution < 1.29 is 49.1 Å². The van der Waals surface area contributed by atoms with Crippen LogP contribution in [0.3, 0.4) is 0 Å². The number of carbonyl (C=O) groups is 3. The van der Waals surface area contributed by atoms with Crippen LogP contribution < -0.4 is 16.3 Å². The van der Waals surface area contributed by atoms with Crippen LogP contribution >= 0.6 is 0 Å². The number of carboxylic acids is 1. The first-order valence-corrected chi connectivity index (χ1v) is 10.5. The maximum absolute atomic E-state index is 13.5. The molecule has 0 radical (unpaired) electrons. The van der Waals surface area contributed by atoms with Gasteiger partial charge in [-0.25, -0.2) is 9.78 Å². The molecule has 6 N–H and O–H groups in total. The minimum absolute atomic E-state index is 0.00830. The molecule has 0 saturated heterocycles. The predicted octanol–water partition coefficient (Wildman–Crippen LogP) is -0.0437. The van der Waals surface area contributed by atoms with Crippen LogP contribution in [0, 0.1) is 6.92 Å². The Balaban J connectivity index is 1.88. The maximum atomic E-state index is 13.5. The van der Waals surface area contributed by atoms with Crippen LogP contribution in [0.1, 0.15) is 16.1 Å². The van der Waals surface area contributed by atoms with E-state index in [0.29, 0.717) is 0 Å². The monoisotopic (exact) mass is 527 g/mol. The summed E-state index contributed by atoms with van der Waals surface area (Å²) in [7, 11) is 0. The second-order valence-electron chi connectivity index (χ2n) is 7.87. The van der Waals surface area contributed by atoms with E-state index in [1.165, 1.54) is 6.92 Å². The Morgan fingerprint density at radius 1 is 1.08 bits per heavy atom. The molecule has 1 aromatic carbocycles. The van der Waals surface area contributed by atoms with Crippen LogP contribution in [0.25, 0.3) is 27.7 Å². The third kappa shape index (κ3) is 4.39. The maximum Gasteiger partial charge on any atom is 0.343 e. The molecule has 0 aliphatic heterocycles. The van der Waals surface area contributed by atoms with Crippen LogP contribution in [-0.2, 0) is 14.3 Å². The lowest BCUT2D eigenvalue weighted by molar-refractivity contribution is -0.138. The number of phenols is 2. The normalized spacial score (nSPS) is 11.0. The van der Waals surface area contributed by atoms with E-state index < -0.39 is 81.5 Å². The van der Waals surface area contributed by atoms with Crippen LogP contribution in [-0.4, -0.2) is 65.9 Å². The molecule has 3 aromatic heterocycles. The Morgan fingerprint density at radius 3 is 2.47 bits per heavy atom. The van der Waals surface area contributed by atoms with Crippen LogP contribution in [0.5, 0.6) is 23.0 Å². The fourth-order valence-electron chi connectivity index (χ4n) is 3.65. The van der Waals surface area contributed by atoms with Gasteiger partial charge in [0.15, 0.2) is 29.6 Å². The number of phenolic OH excluding ortho intramolecular Hbond substituents is 2. The number of nitrogens with one attached hydrogen (secondary N) is 1. The third-order valence-electron chi connectivity index (χ3n) is 5.37. The fourth-order valence-corrected chi connectivity index (χ4v) is 3.65. The number of aromatic hydroxyl groups is 4. The Morgan fingerprint density at radius 2 is 1.79 bits per heavy atom. The molecule has 0 aliphatic rings. The zero-order chi connectivity index (χ0) is 27.9. The number of aliphatic carboxylic acids is 1. The molecule has 0 saturated carbocycles. The molecule has 196 valence electrons. The molecule has 4 rings (SSSR count). The second-order valence-corrected chi connectivity index (χ2v) is 7.87. The molecule has 38 heavy (non-hydrogen) atoms. The molecule has 0 spiro atoms. The van der Waals surface area contributed by atoms with Crippen LogP contribution in [0.4, 0.5) is 0 Å². The summed E-state index contributed by atoms with van der Waals surface area (Å²) in [5, 5.41) is 49.8. The van der Waals surface area contributed by atoms with E-state index in [1.807, 2.05) is 5.32 Å². The number of pyridine rings is 1. The number of aryl methyl sites for hydroxylation is 1. The van der Waals surface area contributed by atoms with Crippen molar-refractivity contribution in [1.82, 2.24) is 14.7 Å². The van der Waals surface area contributed by atoms with E-state index in [0.717, 1.165) is 29.0 Å². The van der Waals surface area contributed by atoms with E-state index in [2.05, 4.69) is 4.98 Å². The molecule has 0 bridgehead atoms. The smallest absolute Gasteiger partial charge is 0.343 e. The quantitative estimate of drug-likeness (QED) is 0.143. The number of amides is 1. The van der Waals surface area contributed by atoms with E-state index in [4.69, 9.17) is 14.3 Å². The number of benzene rings is 1. The zero-order valence-electron chi connectivity index (χ0n) is 19.2. The Hall–Kier alpha value is -5.60. The molecule has 15 heteroatoms. The molecule has 0 atom stereocenters. The van der Waals surface area contributed by atoms with E-state index in [-0.39, 0.29) is 22.5 Å². The molecule has 15 nitrogen and oxygen atoms in total. The lowest BCUT2D eigenvalue weighted by Crippen LogP contribution is -2.33. The standard InChI is InChI=1S/C23H17N3O12/c1-8-17(22(35)26-5-12(29)10(27)3-14(26)25-8)9-6-37-13-2-11(28)21(34)19(18(13)20(9)33)23(36)38-7-15(30)24-4-16(31)32/h2-3,5-6,27-29,34H,4,7H2,1H3,(H,24,30)(H,31,32). The summed E-state index contributed by atoms with van der Waals surface area (Å²) in [6.45, 7) is -0.363. The Labute approximate surface area is 209 Å². The van der Waals surface area contributed by atoms with Crippen molar-refractivity contribution in [2.24, 2.45) is 0 Å². The molecule has 4 aromatic rings. The van der Waals surface area contributed by atoms with Crippen LogP contribution in [0.15, 0.2) is 38.6 Å². The van der Waals surface area contributed by atoms with Gasteiger partial charge in [-0.15, -0.1) is 0 Å². The number of rotatable bonds is 6. The average molecular weight is 527 g/mol. The predicted molar refractivity (Wildman–Crippen MR) is 125 cm³/mol. The number of ether oxygens (including phenoxy) is 1. The lowest BCUT2D eigenvalue weighted by atomic mass is 10.0. The van der Waals surface area contributed by atoms with E-state index in [1.54, 1.807) is 0 Å². The molecule has 0 fully saturated rings. The van der Waals surface area contributed by atoms with Crippen molar-refractivity contribution in [3.05, 3.63) is 56.4 Å². The summed E-state index contributed by atoms with van der Waals surface area (Å²) in [6, 6.07) is 1.86. The minimum Gasteiger partial charge on any atom is -0.504 e. The van der Waals surface area contributed by atoms with Gasteiger partial charge in [-0.05, 0) is 6.92 Å². The summed E-state index contributed by atoms with van der Waals surface area (Å²) < 4.78 is 11.0. The summed E-state index contributed by atoms with van der Waals surface area (Å²) >= 11 is 0. The number of esters is 1. The summed E-state index contributed by atoms with van der Waals surface area (Å²) in [5.41, 5.74) is -3.89. The first-order valence-electron chi connectivity index (χ1n) is 10.5. The van der Waals surface area contributed by atoms with Gasteiger partial charge in [0.1, 0.15) is 29.6 Å². The lowest BCUT2D eigenvalue weighted by Gasteiger charge is -2.12. The molecule has 1 amide bonds. The Bertz CT molecular complexity index is 1790. The number of nitrogens with zero attached hydrogens (tertiary/aromatic N) is 2. The van der Waals surface area contributed by atoms with Gasteiger partial charge in [0.2, 0.25) is 5.43 Å². The van der Waals surface area contributed by atoms with E-state index >= 15 is 0 Å². The molecular weight excluding hydrogens is 510 g/mol. The van der Waals surface area contributed by atoms with Gasteiger partial charge in [0.25, 0.3) is 11.5 Å². The molecule has 0 unspecified atom stereocenters. The van der Waals surface area contributed by atoms with Gasteiger partial charge in [-0.3, -0.25) is 23.6 Å². The van der Waals surface area contributed by atoms with Crippen molar-refractivity contribution in [2.75, 3.05) is 13.2 Å². The average Bonchev–Trinajstić information content (AvgIpc) is 2.85. The third-order valence-corrected chi connectivity index (χ3v) is 5.37. The number of carboxylic acid groups (broad SMARTS) is 1. The summed E-state index contributed by atoms with van der Waals surface area (Å²) in [6.07, 6.45) is 1.75. The topological polar surface area (TPSA) is 238 Å². The minimum atomic E-state index is -1.44. The highest BCUT2D eigenvalue weighted by Crippen LogP contribution is 2.36. The first kappa shape index (κ1) is 25.5. The SMILES string of the molecule is Cc1nc2cc(O)c(O)cn2c(=O)c1-c1coc2cc(O)c(O)c(C(=O)OCC(=O)NCC(=O)O)c2c1=O. The Kier molecular flexibility index (Phi) is 6.34. The highest BCUT2D eigenvalue weighted by molar-refractivity contribution is 6.08. The highest BCUT2D eigenvalue weighted by Gasteiger charge is 2.27. The number of fused-ring (bicyclic) bond motifs is 2. The van der Waals surface area contributed by atoms with Crippen molar-refractivity contribution in [1.29, 1.82) is 0 Å². The summed E-state index contributed by atoms with van der Waals surface area (Å²) in [5.74, 6) is -6.92. The van der Waals surface area contributed by atoms with Crippen molar-refractivity contribution in [2.45, 2.75) is 6.92 Å². The van der Waals surface area contributed by atoms with Gasteiger partial charge in [-0.1, -0.05) is 0 Å². The van der Waals surface area contributed by atoms with Gasteiger partial charge in [0, 0.05) is 12.1 Å². The van der Waals surface area contributed by atoms with Gasteiger partial charge >= 0.3 is 11.9 Å². The number of hydrogen-bond acceptors (Lipinski definition) is 12.